The van der Waals surface area contributed by atoms with Crippen LogP contribution in [-0.4, -0.2) is 71.8 Å². The number of likely N-dealkylation sites (tertiary alicyclic amines) is 3. The van der Waals surface area contributed by atoms with Crippen LogP contribution in [0.25, 0.3) is 0 Å². The molecule has 5 nitrogen and oxygen atoms in total. The molecule has 0 N–H and O–H groups in total. The molecule has 1 atom stereocenters. The van der Waals surface area contributed by atoms with Crippen molar-refractivity contribution in [2.45, 2.75) is 76.7 Å². The zero-order chi connectivity index (χ0) is 18.6. The minimum atomic E-state index is 0.207. The first-order valence-electron chi connectivity index (χ1n) is 11.5. The zero-order valence-corrected chi connectivity index (χ0v) is 16.9. The maximum Gasteiger partial charge on any atom is 0.226 e. The summed E-state index contributed by atoms with van der Waals surface area (Å²) in [5.74, 6) is 1.65. The monoisotopic (exact) mass is 375 g/mol. The van der Waals surface area contributed by atoms with E-state index in [9.17, 15) is 9.59 Å². The molecule has 1 saturated carbocycles. The number of rotatable bonds is 4. The van der Waals surface area contributed by atoms with E-state index in [-0.39, 0.29) is 5.92 Å². The summed E-state index contributed by atoms with van der Waals surface area (Å²) in [6.07, 6.45) is 12.6. The molecule has 3 heterocycles. The van der Waals surface area contributed by atoms with Crippen LogP contribution in [0.3, 0.4) is 0 Å². The highest BCUT2D eigenvalue weighted by molar-refractivity contribution is 5.79. The molecular weight excluding hydrogens is 338 g/mol. The predicted molar refractivity (Wildman–Crippen MR) is 106 cm³/mol. The van der Waals surface area contributed by atoms with Crippen LogP contribution in [0, 0.1) is 11.8 Å². The fourth-order valence-corrected chi connectivity index (χ4v) is 5.81. The molecule has 27 heavy (non-hydrogen) atoms. The molecule has 0 aromatic heterocycles. The molecule has 4 aliphatic rings. The lowest BCUT2D eigenvalue weighted by molar-refractivity contribution is -0.136. The number of hydrogen-bond acceptors (Lipinski definition) is 3. The molecule has 2 amide bonds. The van der Waals surface area contributed by atoms with E-state index in [1.807, 2.05) is 0 Å². The summed E-state index contributed by atoms with van der Waals surface area (Å²) >= 11 is 0. The lowest BCUT2D eigenvalue weighted by Crippen LogP contribution is -2.51. The molecule has 0 radical (unpaired) electrons. The largest absolute Gasteiger partial charge is 0.343 e. The first kappa shape index (κ1) is 19.2. The molecule has 0 bridgehead atoms. The van der Waals surface area contributed by atoms with E-state index < -0.39 is 0 Å². The predicted octanol–water partition coefficient (Wildman–Crippen LogP) is 2.89. The summed E-state index contributed by atoms with van der Waals surface area (Å²) in [6.45, 7) is 5.84. The lowest BCUT2D eigenvalue weighted by atomic mass is 9.92. The molecule has 5 heteroatoms. The second kappa shape index (κ2) is 8.93. The van der Waals surface area contributed by atoms with Crippen molar-refractivity contribution in [1.29, 1.82) is 0 Å². The van der Waals surface area contributed by atoms with Crippen molar-refractivity contribution < 1.29 is 9.59 Å². The van der Waals surface area contributed by atoms with Crippen molar-refractivity contribution in [3.8, 4) is 0 Å². The normalized spacial score (nSPS) is 28.8. The fraction of sp³-hybridized carbons (Fsp3) is 0.909. The molecule has 3 saturated heterocycles. The van der Waals surface area contributed by atoms with Gasteiger partial charge >= 0.3 is 0 Å². The number of carbonyl (C=O) groups excluding carboxylic acids is 2. The second-order valence-corrected chi connectivity index (χ2v) is 9.33. The van der Waals surface area contributed by atoms with E-state index in [4.69, 9.17) is 0 Å². The molecule has 1 aliphatic carbocycles. The van der Waals surface area contributed by atoms with Crippen LogP contribution in [0.4, 0.5) is 0 Å². The Kier molecular flexibility index (Phi) is 6.36. The maximum absolute atomic E-state index is 12.8. The van der Waals surface area contributed by atoms with Crippen LogP contribution in [0.1, 0.15) is 70.6 Å². The Balaban J connectivity index is 1.23. The minimum Gasteiger partial charge on any atom is -0.343 e. The number of piperidine rings is 2. The summed E-state index contributed by atoms with van der Waals surface area (Å²) in [7, 11) is 0. The summed E-state index contributed by atoms with van der Waals surface area (Å²) < 4.78 is 0. The Bertz CT molecular complexity index is 518. The molecule has 4 fully saturated rings. The highest BCUT2D eigenvalue weighted by atomic mass is 16.2. The van der Waals surface area contributed by atoms with Crippen LogP contribution in [0.5, 0.6) is 0 Å². The van der Waals surface area contributed by atoms with Gasteiger partial charge in [-0.15, -0.1) is 0 Å². The Hall–Kier alpha value is -1.10. The van der Waals surface area contributed by atoms with E-state index in [0.717, 1.165) is 71.4 Å². The summed E-state index contributed by atoms with van der Waals surface area (Å²) in [5.41, 5.74) is 0. The van der Waals surface area contributed by atoms with Gasteiger partial charge in [0.15, 0.2) is 0 Å². The van der Waals surface area contributed by atoms with E-state index in [1.165, 1.54) is 38.5 Å². The van der Waals surface area contributed by atoms with Gasteiger partial charge in [0.1, 0.15) is 0 Å². The van der Waals surface area contributed by atoms with Gasteiger partial charge in [-0.1, -0.05) is 12.8 Å². The van der Waals surface area contributed by atoms with Crippen molar-refractivity contribution >= 4 is 11.8 Å². The third-order valence-electron chi connectivity index (χ3n) is 7.49. The minimum absolute atomic E-state index is 0.207. The smallest absolute Gasteiger partial charge is 0.226 e. The topological polar surface area (TPSA) is 43.9 Å². The van der Waals surface area contributed by atoms with Gasteiger partial charge in [-0.3, -0.25) is 14.5 Å². The van der Waals surface area contributed by atoms with Crippen LogP contribution in [0.2, 0.25) is 0 Å². The molecule has 0 unspecified atom stereocenters. The maximum atomic E-state index is 12.8. The van der Waals surface area contributed by atoms with Gasteiger partial charge in [0.05, 0.1) is 5.92 Å². The summed E-state index contributed by atoms with van der Waals surface area (Å²) in [5, 5.41) is 0. The van der Waals surface area contributed by atoms with Gasteiger partial charge < -0.3 is 9.80 Å². The van der Waals surface area contributed by atoms with Crippen molar-refractivity contribution in [3.05, 3.63) is 0 Å². The van der Waals surface area contributed by atoms with Gasteiger partial charge in [0.2, 0.25) is 11.8 Å². The van der Waals surface area contributed by atoms with Crippen LogP contribution >= 0.6 is 0 Å². The first-order valence-corrected chi connectivity index (χ1v) is 11.5. The van der Waals surface area contributed by atoms with Crippen molar-refractivity contribution in [3.63, 3.8) is 0 Å². The van der Waals surface area contributed by atoms with Crippen molar-refractivity contribution in [2.75, 3.05) is 39.3 Å². The number of amides is 2. The molecule has 0 spiro atoms. The van der Waals surface area contributed by atoms with E-state index in [1.54, 1.807) is 0 Å². The fourth-order valence-electron chi connectivity index (χ4n) is 5.81. The van der Waals surface area contributed by atoms with Gasteiger partial charge in [0.25, 0.3) is 0 Å². The van der Waals surface area contributed by atoms with E-state index in [0.29, 0.717) is 23.8 Å². The quantitative estimate of drug-likeness (QED) is 0.759. The number of carbonyl (C=O) groups is 2. The summed E-state index contributed by atoms with van der Waals surface area (Å²) in [4.78, 5) is 32.2. The van der Waals surface area contributed by atoms with Gasteiger partial charge in [0, 0.05) is 45.2 Å². The van der Waals surface area contributed by atoms with Crippen LogP contribution in [0.15, 0.2) is 0 Å². The highest BCUT2D eigenvalue weighted by Crippen LogP contribution is 2.30. The van der Waals surface area contributed by atoms with Gasteiger partial charge in [-0.05, 0) is 63.8 Å². The molecule has 4 rings (SSSR count). The molecule has 152 valence electrons. The molecule has 0 aromatic rings. The standard InChI is InChI=1S/C22H37N3O2/c26-21(16-18-6-1-2-7-18)23-14-9-20(10-15-23)25-13-5-8-19(17-25)22(27)24-11-3-4-12-24/h18-20H,1-17H2/t19-/m0/s1. The van der Waals surface area contributed by atoms with Crippen LogP contribution in [-0.2, 0) is 9.59 Å². The van der Waals surface area contributed by atoms with E-state index in [2.05, 4.69) is 14.7 Å². The van der Waals surface area contributed by atoms with Gasteiger partial charge in [-0.2, -0.15) is 0 Å². The van der Waals surface area contributed by atoms with Crippen molar-refractivity contribution in [2.24, 2.45) is 11.8 Å². The van der Waals surface area contributed by atoms with E-state index >= 15 is 0 Å². The summed E-state index contributed by atoms with van der Waals surface area (Å²) in [6, 6.07) is 0.565. The number of hydrogen-bond donors (Lipinski definition) is 0. The number of nitrogens with zero attached hydrogens (tertiary/aromatic N) is 3. The third-order valence-corrected chi connectivity index (χ3v) is 7.49. The molecular formula is C22H37N3O2. The van der Waals surface area contributed by atoms with Crippen LogP contribution < -0.4 is 0 Å². The average Bonchev–Trinajstić information content (AvgIpc) is 3.42. The second-order valence-electron chi connectivity index (χ2n) is 9.33. The first-order chi connectivity index (χ1) is 13.2. The Morgan fingerprint density at radius 1 is 0.704 bits per heavy atom. The highest BCUT2D eigenvalue weighted by Gasteiger charge is 2.35. The Labute approximate surface area is 164 Å². The lowest BCUT2D eigenvalue weighted by Gasteiger charge is -2.42. The average molecular weight is 376 g/mol. The van der Waals surface area contributed by atoms with Crippen molar-refractivity contribution in [1.82, 2.24) is 14.7 Å². The SMILES string of the molecule is O=C(CC1CCCC1)N1CCC(N2CCC[C@H](C(=O)N3CCCC3)C2)CC1. The Morgan fingerprint density at radius 2 is 1.41 bits per heavy atom. The zero-order valence-electron chi connectivity index (χ0n) is 16.9. The third kappa shape index (κ3) is 4.67. The van der Waals surface area contributed by atoms with Gasteiger partial charge in [-0.25, -0.2) is 0 Å². The molecule has 0 aromatic carbocycles. The molecule has 3 aliphatic heterocycles. The Morgan fingerprint density at radius 3 is 2.11 bits per heavy atom.